The van der Waals surface area contributed by atoms with E-state index in [0.29, 0.717) is 49.2 Å². The van der Waals surface area contributed by atoms with Gasteiger partial charge in [-0.3, -0.25) is 9.59 Å². The van der Waals surface area contributed by atoms with Crippen LogP contribution >= 0.6 is 0 Å². The predicted molar refractivity (Wildman–Crippen MR) is 175 cm³/mol. The Kier molecular flexibility index (Phi) is 15.6. The van der Waals surface area contributed by atoms with Crippen LogP contribution in [0.5, 0.6) is 11.5 Å². The van der Waals surface area contributed by atoms with Crippen molar-refractivity contribution in [1.29, 1.82) is 0 Å². The number of esters is 1. The maximum Gasteiger partial charge on any atom is 0.328 e. The molecule has 1 heterocycles. The fourth-order valence-electron chi connectivity index (χ4n) is 4.79. The summed E-state index contributed by atoms with van der Waals surface area (Å²) in [6.45, 7) is 9.21. The molecule has 0 aromatic heterocycles. The van der Waals surface area contributed by atoms with E-state index in [1.807, 2.05) is 26.0 Å². The lowest BCUT2D eigenvalue weighted by Gasteiger charge is -2.29. The Labute approximate surface area is 266 Å². The van der Waals surface area contributed by atoms with Crippen molar-refractivity contribution >= 4 is 23.5 Å². The van der Waals surface area contributed by atoms with Gasteiger partial charge in [-0.15, -0.1) is 0 Å². The van der Waals surface area contributed by atoms with Crippen molar-refractivity contribution in [3.05, 3.63) is 65.8 Å². The average molecular weight is 627 g/mol. The lowest BCUT2D eigenvalue weighted by molar-refractivity contribution is -0.156. The number of anilines is 1. The van der Waals surface area contributed by atoms with Crippen LogP contribution in [0, 0.1) is 11.8 Å². The molecule has 0 radical (unpaired) electrons. The van der Waals surface area contributed by atoms with Crippen molar-refractivity contribution in [1.82, 2.24) is 5.32 Å². The van der Waals surface area contributed by atoms with Crippen molar-refractivity contribution in [2.45, 2.75) is 97.5 Å². The van der Waals surface area contributed by atoms with Gasteiger partial charge in [0.2, 0.25) is 11.8 Å². The predicted octanol–water partition coefficient (Wildman–Crippen LogP) is 5.24. The van der Waals surface area contributed by atoms with E-state index in [-0.39, 0.29) is 29.5 Å². The molecule has 10 nitrogen and oxygen atoms in total. The fraction of sp³-hybridized carbons (Fsp3) is 0.514. The molecule has 248 valence electrons. The molecule has 0 aliphatic carbocycles. The summed E-state index contributed by atoms with van der Waals surface area (Å²) >= 11 is 0. The van der Waals surface area contributed by atoms with Crippen molar-refractivity contribution in [3.8, 4) is 11.5 Å². The maximum absolute atomic E-state index is 13.0. The normalized spacial score (nSPS) is 25.9. The second-order valence-electron chi connectivity index (χ2n) is 11.9. The third-order valence-electron chi connectivity index (χ3n) is 7.68. The van der Waals surface area contributed by atoms with E-state index in [2.05, 4.69) is 10.6 Å². The van der Waals surface area contributed by atoms with Crippen molar-refractivity contribution in [3.63, 3.8) is 0 Å². The number of methoxy groups -OCH3 is 1. The van der Waals surface area contributed by atoms with Gasteiger partial charge in [-0.1, -0.05) is 63.3 Å². The Morgan fingerprint density at radius 2 is 1.82 bits per heavy atom. The first kappa shape index (κ1) is 37.3. The number of hydrogen-bond acceptors (Lipinski definition) is 8. The molecule has 5 atom stereocenters. The van der Waals surface area contributed by atoms with Crippen LogP contribution in [0.25, 0.3) is 0 Å². The fourth-order valence-corrected chi connectivity index (χ4v) is 4.79. The van der Waals surface area contributed by atoms with Gasteiger partial charge in [-0.05, 0) is 56.2 Å². The van der Waals surface area contributed by atoms with Crippen molar-refractivity contribution in [2.24, 2.45) is 11.8 Å². The number of aromatic hydroxyl groups is 2. The minimum Gasteiger partial charge on any atom is -0.508 e. The Hall–Kier alpha value is -3.89. The molecule has 2 rings (SSSR count). The lowest BCUT2D eigenvalue weighted by Crippen LogP contribution is -2.43. The number of ether oxygens (including phenoxy) is 2. The van der Waals surface area contributed by atoms with Gasteiger partial charge >= 0.3 is 5.97 Å². The van der Waals surface area contributed by atoms with Gasteiger partial charge in [-0.2, -0.15) is 0 Å². The molecule has 0 unspecified atom stereocenters. The van der Waals surface area contributed by atoms with E-state index in [0.717, 1.165) is 0 Å². The number of carbonyl (C=O) groups excluding carboxylic acids is 3. The van der Waals surface area contributed by atoms with E-state index in [1.165, 1.54) is 19.2 Å². The van der Waals surface area contributed by atoms with Gasteiger partial charge in [0.25, 0.3) is 0 Å². The second-order valence-corrected chi connectivity index (χ2v) is 11.9. The topological polar surface area (TPSA) is 154 Å². The minimum absolute atomic E-state index is 0.0114. The average Bonchev–Trinajstić information content (AvgIpc) is 2.98. The first-order valence-corrected chi connectivity index (χ1v) is 15.5. The van der Waals surface area contributed by atoms with Gasteiger partial charge in [0.1, 0.15) is 23.6 Å². The van der Waals surface area contributed by atoms with Crippen LogP contribution in [0.4, 0.5) is 5.69 Å². The molecule has 1 aliphatic rings. The van der Waals surface area contributed by atoms with E-state index in [9.17, 15) is 29.7 Å². The highest BCUT2D eigenvalue weighted by molar-refractivity contribution is 5.93. The molecule has 2 amide bonds. The summed E-state index contributed by atoms with van der Waals surface area (Å²) in [7, 11) is 1.49. The van der Waals surface area contributed by atoms with E-state index in [4.69, 9.17) is 9.47 Å². The van der Waals surface area contributed by atoms with Gasteiger partial charge in [0.05, 0.1) is 24.3 Å². The first-order valence-electron chi connectivity index (χ1n) is 15.5. The molecule has 5 N–H and O–H groups in total. The number of aryl methyl sites for hydroxylation is 1. The molecule has 10 heteroatoms. The summed E-state index contributed by atoms with van der Waals surface area (Å²) in [5.41, 5.74) is 1.17. The van der Waals surface area contributed by atoms with E-state index >= 15 is 0 Å². The number of benzene rings is 1. The molecule has 2 bridgehead atoms. The largest absolute Gasteiger partial charge is 0.508 e. The number of nitrogens with one attached hydrogen (secondary N) is 2. The summed E-state index contributed by atoms with van der Waals surface area (Å²) in [5, 5.41) is 37.6. The summed E-state index contributed by atoms with van der Waals surface area (Å²) in [5.74, 6) is -1.58. The SMILES string of the molecule is CO[C@H]1\C=C/C=C\C=C/C[C@H](OC(=O)[C@@H](C)NC(=O)CCC(C)C)[C@H](C)[C@@H](O)/C(C)=C\CCc2cc(O)cc(c2O)NC(=O)C1. The Morgan fingerprint density at radius 1 is 1.11 bits per heavy atom. The van der Waals surface area contributed by atoms with E-state index in [1.54, 1.807) is 51.2 Å². The summed E-state index contributed by atoms with van der Waals surface area (Å²) in [6, 6.07) is 1.87. The first-order chi connectivity index (χ1) is 21.3. The molecule has 45 heavy (non-hydrogen) atoms. The summed E-state index contributed by atoms with van der Waals surface area (Å²) < 4.78 is 11.2. The van der Waals surface area contributed by atoms with Gasteiger partial charge < -0.3 is 35.4 Å². The zero-order valence-corrected chi connectivity index (χ0v) is 27.3. The maximum atomic E-state index is 13.0. The smallest absolute Gasteiger partial charge is 0.328 e. The highest BCUT2D eigenvalue weighted by Gasteiger charge is 2.30. The molecule has 0 fully saturated rings. The molecule has 1 aromatic rings. The molecule has 0 saturated heterocycles. The highest BCUT2D eigenvalue weighted by atomic mass is 16.5. The highest BCUT2D eigenvalue weighted by Crippen LogP contribution is 2.34. The van der Waals surface area contributed by atoms with Crippen molar-refractivity contribution < 1.29 is 39.2 Å². The molecule has 1 aliphatic heterocycles. The molecular weight excluding hydrogens is 576 g/mol. The van der Waals surface area contributed by atoms with Crippen LogP contribution in [0.15, 0.2) is 60.2 Å². The van der Waals surface area contributed by atoms with Crippen LogP contribution in [-0.2, 0) is 30.3 Å². The van der Waals surface area contributed by atoms with Gasteiger partial charge in [0.15, 0.2) is 0 Å². The number of phenolic OH excluding ortho intramolecular Hbond substituents is 2. The Bertz CT molecular complexity index is 1270. The second kappa shape index (κ2) is 18.8. The third kappa shape index (κ3) is 12.9. The monoisotopic (exact) mass is 626 g/mol. The Morgan fingerprint density at radius 3 is 2.51 bits per heavy atom. The molecule has 1 aromatic carbocycles. The number of hydrogen-bond donors (Lipinski definition) is 5. The van der Waals surface area contributed by atoms with Crippen LogP contribution < -0.4 is 10.6 Å². The van der Waals surface area contributed by atoms with Crippen LogP contribution in [0.3, 0.4) is 0 Å². The van der Waals surface area contributed by atoms with Crippen molar-refractivity contribution in [2.75, 3.05) is 12.4 Å². The standard InChI is InChI=1S/C35H50N2O8/c1-22(2)17-18-31(39)36-25(5)35(43)45-30-16-11-9-7-8-10-15-28(44-6)21-32(40)37-29-20-27(38)19-26(34(29)42)14-12-13-23(3)33(41)24(30)4/h7-11,13,15,19-20,22,24-25,28,30,33,38,41-42H,12,14,16-18,21H2,1-6H3,(H,36,39)(H,37,40)/b8-7-,11-9-,15-10-,23-13-/t24-,25+,28-,30-,33-/m0/s1. The number of fused-ring (bicyclic) bond motifs is 2. The molecular formula is C35H50N2O8. The number of aliphatic hydroxyl groups excluding tert-OH is 1. The minimum atomic E-state index is -0.946. The molecule has 0 saturated carbocycles. The van der Waals surface area contributed by atoms with E-state index < -0.39 is 42.1 Å². The van der Waals surface area contributed by atoms with Gasteiger partial charge in [0, 0.05) is 31.9 Å². The van der Waals surface area contributed by atoms with Crippen LogP contribution in [0.2, 0.25) is 0 Å². The number of carbonyl (C=O) groups is 3. The molecule has 0 spiro atoms. The zero-order valence-electron chi connectivity index (χ0n) is 27.3. The van der Waals surface area contributed by atoms with Crippen LogP contribution in [0.1, 0.15) is 72.3 Å². The Balaban J connectivity index is 2.32. The zero-order chi connectivity index (χ0) is 33.5. The third-order valence-corrected chi connectivity index (χ3v) is 7.68. The number of rotatable bonds is 7. The number of aliphatic hydroxyl groups is 1. The summed E-state index contributed by atoms with van der Waals surface area (Å²) in [4.78, 5) is 37.9. The summed E-state index contributed by atoms with van der Waals surface area (Å²) in [6.07, 6.45) is 12.4. The number of phenols is 2. The lowest BCUT2D eigenvalue weighted by atomic mass is 9.90. The number of amides is 2. The number of allylic oxidation sites excluding steroid dienone is 5. The van der Waals surface area contributed by atoms with Gasteiger partial charge in [-0.25, -0.2) is 4.79 Å². The van der Waals surface area contributed by atoms with Crippen LogP contribution in [-0.4, -0.2) is 64.6 Å². The quantitative estimate of drug-likeness (QED) is 0.119.